The third-order valence-electron chi connectivity index (χ3n) is 2.91. The predicted molar refractivity (Wildman–Crippen MR) is 71.0 cm³/mol. The van der Waals surface area contributed by atoms with E-state index in [0.29, 0.717) is 6.54 Å². The van der Waals surface area contributed by atoms with Crippen LogP contribution in [0.2, 0.25) is 0 Å². The molecule has 0 atom stereocenters. The van der Waals surface area contributed by atoms with Crippen LogP contribution in [0.4, 0.5) is 0 Å². The van der Waals surface area contributed by atoms with Gasteiger partial charge in [-0.1, -0.05) is 18.2 Å². The second kappa shape index (κ2) is 4.31. The van der Waals surface area contributed by atoms with Crippen LogP contribution in [-0.2, 0) is 13.1 Å². The molecule has 1 aromatic carbocycles. The first kappa shape index (κ1) is 10.5. The molecule has 0 amide bonds. The Hall–Kier alpha value is -1.65. The summed E-state index contributed by atoms with van der Waals surface area (Å²) in [5.74, 6) is 0. The zero-order valence-corrected chi connectivity index (χ0v) is 10.2. The molecule has 0 saturated carbocycles. The molecule has 0 saturated heterocycles. The molecular weight excluding hydrogens is 230 g/mol. The minimum atomic E-state index is 0.568. The topological polar surface area (TPSA) is 43.8 Å². The number of thiazole rings is 1. The Labute approximate surface area is 104 Å². The number of benzene rings is 1. The van der Waals surface area contributed by atoms with E-state index in [-0.39, 0.29) is 0 Å². The van der Waals surface area contributed by atoms with Gasteiger partial charge in [0.05, 0.1) is 23.3 Å². The highest BCUT2D eigenvalue weighted by molar-refractivity contribution is 7.07. The molecule has 0 radical (unpaired) electrons. The summed E-state index contributed by atoms with van der Waals surface area (Å²) in [6.07, 6.45) is 2.10. The van der Waals surface area contributed by atoms with Gasteiger partial charge in [-0.2, -0.15) is 0 Å². The van der Waals surface area contributed by atoms with Crippen molar-refractivity contribution >= 4 is 22.2 Å². The number of nitrogens with two attached hydrogens (primary N) is 1. The Bertz CT molecular complexity index is 625. The van der Waals surface area contributed by atoms with Gasteiger partial charge in [0.1, 0.15) is 0 Å². The van der Waals surface area contributed by atoms with Crippen molar-refractivity contribution in [2.75, 3.05) is 0 Å². The Morgan fingerprint density at radius 1 is 1.29 bits per heavy atom. The van der Waals surface area contributed by atoms with E-state index >= 15 is 0 Å². The molecule has 3 aromatic rings. The highest BCUT2D eigenvalue weighted by Gasteiger charge is 2.06. The third kappa shape index (κ3) is 1.85. The summed E-state index contributed by atoms with van der Waals surface area (Å²) in [5.41, 5.74) is 11.2. The normalized spacial score (nSPS) is 11.1. The maximum atomic E-state index is 5.79. The van der Waals surface area contributed by atoms with E-state index in [9.17, 15) is 0 Å². The standard InChI is InChI=1S/C13H13N3S/c14-6-11-3-1-2-10-4-5-16(13(10)11)7-12-8-17-9-15-12/h1-5,8-9H,6-7,14H2. The molecule has 0 spiro atoms. The Morgan fingerprint density at radius 3 is 3.00 bits per heavy atom. The van der Waals surface area contributed by atoms with Crippen LogP contribution in [0, 0.1) is 0 Å². The zero-order chi connectivity index (χ0) is 11.7. The van der Waals surface area contributed by atoms with Gasteiger partial charge in [0.2, 0.25) is 0 Å². The van der Waals surface area contributed by atoms with Crippen molar-refractivity contribution in [2.24, 2.45) is 5.73 Å². The van der Waals surface area contributed by atoms with Crippen LogP contribution in [0.5, 0.6) is 0 Å². The molecule has 3 nitrogen and oxygen atoms in total. The minimum absolute atomic E-state index is 0.568. The highest BCUT2D eigenvalue weighted by Crippen LogP contribution is 2.21. The van der Waals surface area contributed by atoms with Gasteiger partial charge in [-0.3, -0.25) is 0 Å². The third-order valence-corrected chi connectivity index (χ3v) is 3.54. The lowest BCUT2D eigenvalue weighted by Gasteiger charge is -2.07. The minimum Gasteiger partial charge on any atom is -0.341 e. The first-order chi connectivity index (χ1) is 8.38. The van der Waals surface area contributed by atoms with Crippen molar-refractivity contribution in [1.29, 1.82) is 0 Å². The fourth-order valence-electron chi connectivity index (χ4n) is 2.13. The maximum absolute atomic E-state index is 5.79. The lowest BCUT2D eigenvalue weighted by atomic mass is 10.1. The number of hydrogen-bond donors (Lipinski definition) is 1. The van der Waals surface area contributed by atoms with Crippen LogP contribution in [-0.4, -0.2) is 9.55 Å². The van der Waals surface area contributed by atoms with Crippen molar-refractivity contribution in [2.45, 2.75) is 13.1 Å². The summed E-state index contributed by atoms with van der Waals surface area (Å²) in [6, 6.07) is 8.38. The van der Waals surface area contributed by atoms with E-state index in [1.54, 1.807) is 11.3 Å². The van der Waals surface area contributed by atoms with E-state index in [4.69, 9.17) is 5.73 Å². The van der Waals surface area contributed by atoms with Crippen LogP contribution >= 0.6 is 11.3 Å². The number of rotatable bonds is 3. The van der Waals surface area contributed by atoms with E-state index in [0.717, 1.165) is 12.2 Å². The van der Waals surface area contributed by atoms with Crippen LogP contribution in [0.25, 0.3) is 10.9 Å². The maximum Gasteiger partial charge on any atom is 0.0795 e. The molecule has 86 valence electrons. The van der Waals surface area contributed by atoms with Crippen molar-refractivity contribution in [3.05, 3.63) is 52.6 Å². The van der Waals surface area contributed by atoms with E-state index in [2.05, 4.69) is 45.4 Å². The van der Waals surface area contributed by atoms with Gasteiger partial charge < -0.3 is 10.3 Å². The summed E-state index contributed by atoms with van der Waals surface area (Å²) in [4.78, 5) is 4.32. The fraction of sp³-hybridized carbons (Fsp3) is 0.154. The Morgan fingerprint density at radius 2 is 2.24 bits per heavy atom. The van der Waals surface area contributed by atoms with Crippen molar-refractivity contribution in [3.63, 3.8) is 0 Å². The Balaban J connectivity index is 2.10. The van der Waals surface area contributed by atoms with Gasteiger partial charge in [0.15, 0.2) is 0 Å². The monoisotopic (exact) mass is 243 g/mol. The second-order valence-electron chi connectivity index (χ2n) is 3.98. The fourth-order valence-corrected chi connectivity index (χ4v) is 2.68. The smallest absolute Gasteiger partial charge is 0.0795 e. The highest BCUT2D eigenvalue weighted by atomic mass is 32.1. The van der Waals surface area contributed by atoms with Gasteiger partial charge in [0, 0.05) is 18.1 Å². The molecular formula is C13H13N3S. The number of para-hydroxylation sites is 1. The van der Waals surface area contributed by atoms with Crippen LogP contribution < -0.4 is 5.73 Å². The van der Waals surface area contributed by atoms with Crippen molar-refractivity contribution in [3.8, 4) is 0 Å². The lowest BCUT2D eigenvalue weighted by molar-refractivity contribution is 0.809. The molecule has 4 heteroatoms. The Kier molecular flexibility index (Phi) is 2.66. The molecule has 0 fully saturated rings. The number of fused-ring (bicyclic) bond motifs is 1. The zero-order valence-electron chi connectivity index (χ0n) is 9.34. The molecule has 17 heavy (non-hydrogen) atoms. The van der Waals surface area contributed by atoms with Crippen molar-refractivity contribution in [1.82, 2.24) is 9.55 Å². The SMILES string of the molecule is NCc1cccc2ccn(Cc3cscn3)c12. The molecule has 2 aromatic heterocycles. The quantitative estimate of drug-likeness (QED) is 0.768. The molecule has 2 N–H and O–H groups in total. The largest absolute Gasteiger partial charge is 0.341 e. The van der Waals surface area contributed by atoms with Gasteiger partial charge in [-0.15, -0.1) is 11.3 Å². The first-order valence-electron chi connectivity index (χ1n) is 5.52. The molecule has 0 aliphatic carbocycles. The summed E-state index contributed by atoms with van der Waals surface area (Å²) in [6.45, 7) is 1.38. The molecule has 0 aliphatic rings. The lowest BCUT2D eigenvalue weighted by Crippen LogP contribution is -2.03. The van der Waals surface area contributed by atoms with Crippen molar-refractivity contribution < 1.29 is 0 Å². The molecule has 0 unspecified atom stereocenters. The number of nitrogens with zero attached hydrogens (tertiary/aromatic N) is 2. The molecule has 3 rings (SSSR count). The number of hydrogen-bond acceptors (Lipinski definition) is 3. The summed E-state index contributed by atoms with van der Waals surface area (Å²) in [7, 11) is 0. The van der Waals surface area contributed by atoms with Crippen LogP contribution in [0.15, 0.2) is 41.4 Å². The molecule has 0 bridgehead atoms. The predicted octanol–water partition coefficient (Wildman–Crippen LogP) is 2.60. The van der Waals surface area contributed by atoms with Gasteiger partial charge in [0.25, 0.3) is 0 Å². The second-order valence-corrected chi connectivity index (χ2v) is 4.70. The molecule has 2 heterocycles. The van der Waals surface area contributed by atoms with Gasteiger partial charge in [-0.25, -0.2) is 4.98 Å². The van der Waals surface area contributed by atoms with E-state index in [1.807, 2.05) is 5.51 Å². The summed E-state index contributed by atoms with van der Waals surface area (Å²) < 4.78 is 2.21. The van der Waals surface area contributed by atoms with Crippen LogP contribution in [0.1, 0.15) is 11.3 Å². The average molecular weight is 243 g/mol. The van der Waals surface area contributed by atoms with Crippen LogP contribution in [0.3, 0.4) is 0 Å². The van der Waals surface area contributed by atoms with E-state index < -0.39 is 0 Å². The summed E-state index contributed by atoms with van der Waals surface area (Å²) >= 11 is 1.63. The summed E-state index contributed by atoms with van der Waals surface area (Å²) in [5, 5.41) is 3.32. The van der Waals surface area contributed by atoms with Gasteiger partial charge >= 0.3 is 0 Å². The average Bonchev–Trinajstić information content (AvgIpc) is 2.99. The molecule has 0 aliphatic heterocycles. The van der Waals surface area contributed by atoms with Gasteiger partial charge in [-0.05, 0) is 17.0 Å². The number of aromatic nitrogens is 2. The van der Waals surface area contributed by atoms with E-state index in [1.165, 1.54) is 16.5 Å². The first-order valence-corrected chi connectivity index (χ1v) is 6.46.